The highest BCUT2D eigenvalue weighted by atomic mass is 19.1. The third-order valence-electron chi connectivity index (χ3n) is 1.31. The van der Waals surface area contributed by atoms with E-state index in [0.29, 0.717) is 0 Å². The maximum atomic E-state index is 11.8. The molecule has 1 unspecified atom stereocenters. The number of cyclic esters (lactones) is 1. The van der Waals surface area contributed by atoms with E-state index in [-0.39, 0.29) is 0 Å². The molecule has 1 aliphatic heterocycles. The van der Waals surface area contributed by atoms with Crippen LogP contribution in [0.2, 0.25) is 0 Å². The molecule has 0 spiro atoms. The van der Waals surface area contributed by atoms with Gasteiger partial charge in [-0.15, -0.1) is 0 Å². The zero-order chi connectivity index (χ0) is 8.43. The summed E-state index contributed by atoms with van der Waals surface area (Å²) in [7, 11) is 0. The molecule has 5 heteroatoms. The van der Waals surface area contributed by atoms with Gasteiger partial charge in [0.05, 0.1) is 6.08 Å². The van der Waals surface area contributed by atoms with E-state index in [4.69, 9.17) is 10.2 Å². The summed E-state index contributed by atoms with van der Waals surface area (Å²) in [6.07, 6.45) is -1.89. The third-order valence-corrected chi connectivity index (χ3v) is 1.31. The van der Waals surface area contributed by atoms with Crippen LogP contribution in [0.15, 0.2) is 11.8 Å². The van der Waals surface area contributed by atoms with Crippen molar-refractivity contribution in [3.05, 3.63) is 11.8 Å². The van der Waals surface area contributed by atoms with E-state index in [1.54, 1.807) is 0 Å². The van der Waals surface area contributed by atoms with Crippen LogP contribution in [0.3, 0.4) is 0 Å². The average molecular weight is 162 g/mol. The summed E-state index contributed by atoms with van der Waals surface area (Å²) < 4.78 is 16.1. The molecule has 0 aromatic rings. The van der Waals surface area contributed by atoms with Crippen LogP contribution in [-0.4, -0.2) is 35.1 Å². The fourth-order valence-electron chi connectivity index (χ4n) is 0.779. The summed E-state index contributed by atoms with van der Waals surface area (Å²) in [5, 5.41) is 17.6. The highest BCUT2D eigenvalue weighted by Gasteiger charge is 2.32. The number of rotatable bonds is 2. The number of carbonyl (C=O) groups is 1. The monoisotopic (exact) mass is 162 g/mol. The van der Waals surface area contributed by atoms with Crippen molar-refractivity contribution in [1.82, 2.24) is 0 Å². The van der Waals surface area contributed by atoms with Crippen molar-refractivity contribution in [1.29, 1.82) is 0 Å². The van der Waals surface area contributed by atoms with Crippen molar-refractivity contribution in [3.63, 3.8) is 0 Å². The molecule has 0 fully saturated rings. The lowest BCUT2D eigenvalue weighted by Gasteiger charge is -2.13. The van der Waals surface area contributed by atoms with E-state index >= 15 is 0 Å². The molecule has 0 aromatic heterocycles. The fourth-order valence-corrected chi connectivity index (χ4v) is 0.779. The van der Waals surface area contributed by atoms with Crippen molar-refractivity contribution in [2.45, 2.75) is 12.2 Å². The third kappa shape index (κ3) is 1.48. The molecule has 1 heterocycles. The molecule has 2 atom stereocenters. The SMILES string of the molecule is O=C1C=C(O)C([C@@H](O)CF)O1. The largest absolute Gasteiger partial charge is 0.508 e. The number of alkyl halides is 1. The van der Waals surface area contributed by atoms with Gasteiger partial charge in [-0.05, 0) is 0 Å². The zero-order valence-corrected chi connectivity index (χ0v) is 5.53. The quantitative estimate of drug-likeness (QED) is 0.546. The molecule has 62 valence electrons. The molecule has 1 rings (SSSR count). The molecule has 2 N–H and O–H groups in total. The van der Waals surface area contributed by atoms with Gasteiger partial charge in [0.2, 0.25) is 0 Å². The fraction of sp³-hybridized carbons (Fsp3) is 0.500. The van der Waals surface area contributed by atoms with Gasteiger partial charge in [-0.2, -0.15) is 0 Å². The Hall–Kier alpha value is -1.10. The van der Waals surface area contributed by atoms with Gasteiger partial charge >= 0.3 is 5.97 Å². The molecule has 11 heavy (non-hydrogen) atoms. The number of hydrogen-bond donors (Lipinski definition) is 2. The molecular weight excluding hydrogens is 155 g/mol. The van der Waals surface area contributed by atoms with Gasteiger partial charge in [-0.3, -0.25) is 0 Å². The Morgan fingerprint density at radius 3 is 2.82 bits per heavy atom. The topological polar surface area (TPSA) is 66.8 Å². The Bertz CT molecular complexity index is 201. The van der Waals surface area contributed by atoms with Crippen molar-refractivity contribution in [3.8, 4) is 0 Å². The van der Waals surface area contributed by atoms with Crippen molar-refractivity contribution in [2.75, 3.05) is 6.67 Å². The average Bonchev–Trinajstić information content (AvgIpc) is 2.28. The number of carbonyl (C=O) groups excluding carboxylic acids is 1. The van der Waals surface area contributed by atoms with E-state index in [2.05, 4.69) is 4.74 Å². The minimum atomic E-state index is -1.47. The number of halogens is 1. The van der Waals surface area contributed by atoms with Crippen LogP contribution in [-0.2, 0) is 9.53 Å². The number of aliphatic hydroxyl groups excluding tert-OH is 2. The number of ether oxygens (including phenoxy) is 1. The lowest BCUT2D eigenvalue weighted by molar-refractivity contribution is -0.144. The van der Waals surface area contributed by atoms with Crippen LogP contribution in [0.5, 0.6) is 0 Å². The first-order chi connectivity index (χ1) is 5.15. The van der Waals surface area contributed by atoms with Gasteiger partial charge in [-0.1, -0.05) is 0 Å². The number of aliphatic hydroxyl groups is 2. The van der Waals surface area contributed by atoms with E-state index < -0.39 is 30.6 Å². The van der Waals surface area contributed by atoms with E-state index in [1.165, 1.54) is 0 Å². The second-order valence-electron chi connectivity index (χ2n) is 2.15. The van der Waals surface area contributed by atoms with Gasteiger partial charge in [-0.25, -0.2) is 9.18 Å². The molecule has 0 amide bonds. The first kappa shape index (κ1) is 8.00. The zero-order valence-electron chi connectivity index (χ0n) is 5.53. The molecular formula is C6H7FO4. The van der Waals surface area contributed by atoms with Gasteiger partial charge in [0.1, 0.15) is 18.5 Å². The second kappa shape index (κ2) is 2.87. The predicted octanol–water partition coefficient (Wildman–Crippen LogP) is -0.316. The van der Waals surface area contributed by atoms with E-state index in [9.17, 15) is 9.18 Å². The smallest absolute Gasteiger partial charge is 0.335 e. The van der Waals surface area contributed by atoms with Gasteiger partial charge < -0.3 is 14.9 Å². The summed E-state index contributed by atoms with van der Waals surface area (Å²) in [6, 6.07) is 0. The molecule has 4 nitrogen and oxygen atoms in total. The van der Waals surface area contributed by atoms with Gasteiger partial charge in [0, 0.05) is 0 Å². The lowest BCUT2D eigenvalue weighted by atomic mass is 10.2. The maximum Gasteiger partial charge on any atom is 0.335 e. The minimum Gasteiger partial charge on any atom is -0.508 e. The predicted molar refractivity (Wildman–Crippen MR) is 32.6 cm³/mol. The summed E-state index contributed by atoms with van der Waals surface area (Å²) >= 11 is 0. The molecule has 0 bridgehead atoms. The second-order valence-corrected chi connectivity index (χ2v) is 2.15. The van der Waals surface area contributed by atoms with Crippen LogP contribution in [0.25, 0.3) is 0 Å². The van der Waals surface area contributed by atoms with Crippen molar-refractivity contribution < 1.29 is 24.1 Å². The lowest BCUT2D eigenvalue weighted by Crippen LogP contribution is -2.30. The Morgan fingerprint density at radius 1 is 1.82 bits per heavy atom. The standard InChI is InChI=1S/C6H7FO4/c7-2-4(9)6-3(8)1-5(10)11-6/h1,4,6,8-9H,2H2/t4-,6?/m0/s1. The summed E-state index contributed by atoms with van der Waals surface area (Å²) in [5.74, 6) is -1.19. The van der Waals surface area contributed by atoms with Crippen LogP contribution < -0.4 is 0 Å². The van der Waals surface area contributed by atoms with E-state index in [1.807, 2.05) is 0 Å². The Labute approximate surface area is 61.9 Å². The minimum absolute atomic E-state index is 0.430. The molecule has 0 saturated carbocycles. The first-order valence-corrected chi connectivity index (χ1v) is 3.00. The molecule has 0 saturated heterocycles. The highest BCUT2D eigenvalue weighted by Crippen LogP contribution is 2.16. The first-order valence-electron chi connectivity index (χ1n) is 3.00. The normalized spacial score (nSPS) is 26.2. The molecule has 0 aromatic carbocycles. The van der Waals surface area contributed by atoms with Crippen molar-refractivity contribution in [2.24, 2.45) is 0 Å². The van der Waals surface area contributed by atoms with Gasteiger partial charge in [0.15, 0.2) is 6.10 Å². The van der Waals surface area contributed by atoms with Crippen LogP contribution in [0.4, 0.5) is 4.39 Å². The molecule has 0 radical (unpaired) electrons. The Balaban J connectivity index is 2.63. The highest BCUT2D eigenvalue weighted by molar-refractivity contribution is 5.85. The Kier molecular flexibility index (Phi) is 2.09. The van der Waals surface area contributed by atoms with Crippen LogP contribution in [0.1, 0.15) is 0 Å². The summed E-state index contributed by atoms with van der Waals surface area (Å²) in [5.41, 5.74) is 0. The Morgan fingerprint density at radius 2 is 2.45 bits per heavy atom. The van der Waals surface area contributed by atoms with E-state index in [0.717, 1.165) is 6.08 Å². The number of esters is 1. The molecule has 0 aliphatic carbocycles. The van der Waals surface area contributed by atoms with Gasteiger partial charge in [0.25, 0.3) is 0 Å². The van der Waals surface area contributed by atoms with Crippen LogP contribution >= 0.6 is 0 Å². The summed E-state index contributed by atoms with van der Waals surface area (Å²) in [4.78, 5) is 10.4. The molecule has 1 aliphatic rings. The summed E-state index contributed by atoms with van der Waals surface area (Å²) in [6.45, 7) is -1.06. The number of hydrogen-bond acceptors (Lipinski definition) is 4. The maximum absolute atomic E-state index is 11.8. The van der Waals surface area contributed by atoms with Crippen LogP contribution in [0, 0.1) is 0 Å². The van der Waals surface area contributed by atoms with Crippen molar-refractivity contribution >= 4 is 5.97 Å².